The van der Waals surface area contributed by atoms with Crippen LogP contribution in [0.15, 0.2) is 35.8 Å². The van der Waals surface area contributed by atoms with Gasteiger partial charge in [0, 0.05) is 30.3 Å². The van der Waals surface area contributed by atoms with Crippen LogP contribution in [-0.2, 0) is 6.42 Å². The molecule has 0 bridgehead atoms. The van der Waals surface area contributed by atoms with Crippen LogP contribution >= 0.6 is 11.3 Å². The van der Waals surface area contributed by atoms with E-state index in [0.29, 0.717) is 5.56 Å². The number of anilines is 1. The Morgan fingerprint density at radius 1 is 1.35 bits per heavy atom. The number of fused-ring (bicyclic) bond motifs is 1. The Labute approximate surface area is 138 Å². The molecule has 5 nitrogen and oxygen atoms in total. The summed E-state index contributed by atoms with van der Waals surface area (Å²) in [5, 5.41) is 0.787. The lowest BCUT2D eigenvalue weighted by Crippen LogP contribution is -2.22. The van der Waals surface area contributed by atoms with Gasteiger partial charge in [-0.25, -0.2) is 9.97 Å². The quantitative estimate of drug-likeness (QED) is 0.782. The maximum atomic E-state index is 11.7. The summed E-state index contributed by atoms with van der Waals surface area (Å²) in [5.74, 6) is 0.316. The number of carbonyl (C=O) groups excluding carboxylic acids is 1. The summed E-state index contributed by atoms with van der Waals surface area (Å²) < 4.78 is 0. The zero-order chi connectivity index (χ0) is 16.4. The van der Waals surface area contributed by atoms with E-state index in [4.69, 9.17) is 5.73 Å². The van der Waals surface area contributed by atoms with Crippen LogP contribution in [-0.4, -0.2) is 29.5 Å². The molecule has 0 saturated carbocycles. The van der Waals surface area contributed by atoms with Crippen molar-refractivity contribution in [3.63, 3.8) is 0 Å². The lowest BCUT2D eigenvalue weighted by Gasteiger charge is -2.19. The number of aromatic nitrogens is 2. The fraction of sp³-hybridized carbons (Fsp3) is 0.235. The van der Waals surface area contributed by atoms with E-state index in [0.717, 1.165) is 35.4 Å². The molecule has 0 aliphatic rings. The maximum Gasteiger partial charge on any atom is 0.249 e. The lowest BCUT2D eigenvalue weighted by atomic mass is 10.1. The van der Waals surface area contributed by atoms with Gasteiger partial charge in [0.1, 0.15) is 5.82 Å². The van der Waals surface area contributed by atoms with Gasteiger partial charge in [-0.3, -0.25) is 4.79 Å². The molecule has 1 amide bonds. The van der Waals surface area contributed by atoms with E-state index >= 15 is 0 Å². The third-order valence-corrected chi connectivity index (χ3v) is 4.87. The highest BCUT2D eigenvalue weighted by atomic mass is 32.1. The molecule has 1 aromatic carbocycles. The predicted molar refractivity (Wildman–Crippen MR) is 94.1 cm³/mol. The second-order valence-corrected chi connectivity index (χ2v) is 6.38. The molecule has 2 heterocycles. The summed E-state index contributed by atoms with van der Waals surface area (Å²) in [6.07, 6.45) is 0.896. The molecule has 0 atom stereocenters. The van der Waals surface area contributed by atoms with E-state index in [1.165, 1.54) is 4.88 Å². The highest BCUT2D eigenvalue weighted by Crippen LogP contribution is 2.23. The van der Waals surface area contributed by atoms with Crippen molar-refractivity contribution in [2.75, 3.05) is 18.5 Å². The van der Waals surface area contributed by atoms with Gasteiger partial charge < -0.3 is 10.6 Å². The molecule has 0 fully saturated rings. The van der Waals surface area contributed by atoms with E-state index < -0.39 is 5.91 Å². The molecular formula is C17H18N4OS. The second-order valence-electron chi connectivity index (χ2n) is 5.44. The Bertz CT molecular complexity index is 859. The van der Waals surface area contributed by atoms with Crippen LogP contribution < -0.4 is 10.6 Å². The summed E-state index contributed by atoms with van der Waals surface area (Å²) >= 11 is 1.67. The molecule has 0 radical (unpaired) electrons. The van der Waals surface area contributed by atoms with Crippen LogP contribution in [0.4, 0.5) is 5.82 Å². The number of pyridine rings is 1. The number of rotatable bonds is 5. The summed E-state index contributed by atoms with van der Waals surface area (Å²) in [5.41, 5.74) is 9.75. The number of carbonyl (C=O) groups is 1. The van der Waals surface area contributed by atoms with Gasteiger partial charge in [0.25, 0.3) is 0 Å². The zero-order valence-electron chi connectivity index (χ0n) is 13.1. The molecule has 0 aliphatic heterocycles. The number of benzene rings is 1. The first-order chi connectivity index (χ1) is 11.1. The Hall–Kier alpha value is -2.47. The van der Waals surface area contributed by atoms with Gasteiger partial charge in [-0.05, 0) is 19.1 Å². The number of amides is 1. The number of nitrogens with zero attached hydrogens (tertiary/aromatic N) is 3. The van der Waals surface area contributed by atoms with Gasteiger partial charge in [-0.15, -0.1) is 11.3 Å². The van der Waals surface area contributed by atoms with Crippen LogP contribution in [0.5, 0.6) is 0 Å². The van der Waals surface area contributed by atoms with E-state index in [2.05, 4.69) is 9.97 Å². The van der Waals surface area contributed by atoms with Crippen LogP contribution in [0, 0.1) is 6.92 Å². The highest BCUT2D eigenvalue weighted by molar-refractivity contribution is 7.09. The number of hydrogen-bond acceptors (Lipinski definition) is 5. The number of nitrogens with two attached hydrogens (primary N) is 1. The minimum atomic E-state index is -0.434. The molecule has 23 heavy (non-hydrogen) atoms. The molecule has 0 saturated heterocycles. The number of thiazole rings is 1. The van der Waals surface area contributed by atoms with Crippen molar-refractivity contribution >= 4 is 34.0 Å². The minimum Gasteiger partial charge on any atom is -0.366 e. The molecular weight excluding hydrogens is 308 g/mol. The van der Waals surface area contributed by atoms with Crippen molar-refractivity contribution in [2.24, 2.45) is 5.73 Å². The van der Waals surface area contributed by atoms with E-state index in [9.17, 15) is 4.79 Å². The zero-order valence-corrected chi connectivity index (χ0v) is 13.9. The summed E-state index contributed by atoms with van der Waals surface area (Å²) in [6.45, 7) is 2.82. The van der Waals surface area contributed by atoms with Gasteiger partial charge in [0.05, 0.1) is 22.3 Å². The topological polar surface area (TPSA) is 72.1 Å². The second kappa shape index (κ2) is 6.34. The fourth-order valence-corrected chi connectivity index (χ4v) is 3.28. The van der Waals surface area contributed by atoms with E-state index in [1.807, 2.05) is 48.6 Å². The van der Waals surface area contributed by atoms with Gasteiger partial charge in [-0.1, -0.05) is 18.2 Å². The number of para-hydroxylation sites is 1. The molecule has 2 N–H and O–H groups in total. The number of hydrogen-bond donors (Lipinski definition) is 1. The molecule has 118 valence electrons. The SMILES string of the molecule is Cc1ncsc1CCN(C)c1cc(C(N)=O)c2ccccc2n1. The average Bonchev–Trinajstić information content (AvgIpc) is 2.96. The Balaban J connectivity index is 1.89. The first-order valence-corrected chi connectivity index (χ1v) is 8.24. The van der Waals surface area contributed by atoms with Crippen LogP contribution in [0.1, 0.15) is 20.9 Å². The van der Waals surface area contributed by atoms with Crippen molar-refractivity contribution in [3.8, 4) is 0 Å². The van der Waals surface area contributed by atoms with Crippen molar-refractivity contribution in [2.45, 2.75) is 13.3 Å². The summed E-state index contributed by atoms with van der Waals surface area (Å²) in [4.78, 5) is 24.0. The standard InChI is InChI=1S/C17H18N4OS/c1-11-15(23-10-19-11)7-8-21(2)16-9-13(17(18)22)12-5-3-4-6-14(12)20-16/h3-6,9-10H,7-8H2,1-2H3,(H2,18,22). The molecule has 3 rings (SSSR count). The van der Waals surface area contributed by atoms with Crippen molar-refractivity contribution in [3.05, 3.63) is 52.0 Å². The Morgan fingerprint density at radius 3 is 2.83 bits per heavy atom. The van der Waals surface area contributed by atoms with Crippen molar-refractivity contribution < 1.29 is 4.79 Å². The first-order valence-electron chi connectivity index (χ1n) is 7.36. The van der Waals surface area contributed by atoms with Gasteiger partial charge in [0.2, 0.25) is 5.91 Å². The van der Waals surface area contributed by atoms with E-state index in [1.54, 1.807) is 17.4 Å². The lowest BCUT2D eigenvalue weighted by molar-refractivity contribution is 0.100. The number of primary amides is 1. The van der Waals surface area contributed by atoms with Crippen molar-refractivity contribution in [1.29, 1.82) is 0 Å². The maximum absolute atomic E-state index is 11.7. The average molecular weight is 326 g/mol. The molecule has 0 aliphatic carbocycles. The predicted octanol–water partition coefficient (Wildman–Crippen LogP) is 2.78. The Kier molecular flexibility index (Phi) is 4.25. The Morgan fingerprint density at radius 2 is 2.13 bits per heavy atom. The van der Waals surface area contributed by atoms with E-state index in [-0.39, 0.29) is 0 Å². The van der Waals surface area contributed by atoms with Crippen LogP contribution in [0.3, 0.4) is 0 Å². The van der Waals surface area contributed by atoms with Gasteiger partial charge in [-0.2, -0.15) is 0 Å². The van der Waals surface area contributed by atoms with Crippen molar-refractivity contribution in [1.82, 2.24) is 9.97 Å². The number of aryl methyl sites for hydroxylation is 1. The summed E-state index contributed by atoms with van der Waals surface area (Å²) in [6, 6.07) is 9.32. The fourth-order valence-electron chi connectivity index (χ4n) is 2.51. The van der Waals surface area contributed by atoms with Gasteiger partial charge >= 0.3 is 0 Å². The van der Waals surface area contributed by atoms with Gasteiger partial charge in [0.15, 0.2) is 0 Å². The van der Waals surface area contributed by atoms with Crippen LogP contribution in [0.2, 0.25) is 0 Å². The summed E-state index contributed by atoms with van der Waals surface area (Å²) in [7, 11) is 1.97. The molecule has 3 aromatic rings. The van der Waals surface area contributed by atoms with Crippen LogP contribution in [0.25, 0.3) is 10.9 Å². The smallest absolute Gasteiger partial charge is 0.249 e. The molecule has 0 spiro atoms. The normalized spacial score (nSPS) is 10.9. The first kappa shape index (κ1) is 15.4. The monoisotopic (exact) mass is 326 g/mol. The third-order valence-electron chi connectivity index (χ3n) is 3.88. The molecule has 6 heteroatoms. The number of likely N-dealkylation sites (N-methyl/N-ethyl adjacent to an activating group) is 1. The molecule has 0 unspecified atom stereocenters. The largest absolute Gasteiger partial charge is 0.366 e. The molecule has 2 aromatic heterocycles. The minimum absolute atomic E-state index is 0.434. The third kappa shape index (κ3) is 3.17. The highest BCUT2D eigenvalue weighted by Gasteiger charge is 2.13.